The van der Waals surface area contributed by atoms with Gasteiger partial charge in [0.25, 0.3) is 0 Å². The second-order valence-corrected chi connectivity index (χ2v) is 9.18. The van der Waals surface area contributed by atoms with Crippen molar-refractivity contribution < 1.29 is 0 Å². The predicted octanol–water partition coefficient (Wildman–Crippen LogP) is 4.52. The van der Waals surface area contributed by atoms with Crippen molar-refractivity contribution in [2.75, 3.05) is 6.54 Å². The summed E-state index contributed by atoms with van der Waals surface area (Å²) >= 11 is 0. The van der Waals surface area contributed by atoms with Gasteiger partial charge in [0, 0.05) is 5.41 Å². The summed E-state index contributed by atoms with van der Waals surface area (Å²) < 4.78 is 0. The van der Waals surface area contributed by atoms with Crippen LogP contribution in [0.15, 0.2) is 15.2 Å². The molecule has 2 atom stereocenters. The SMILES string of the molecule is CC(C)(C)C1=NC2(C(C)(C)C)CN=NC12C(C)(C)C. The average Bonchev–Trinajstić information content (AvgIpc) is 2.35. The summed E-state index contributed by atoms with van der Waals surface area (Å²) in [7, 11) is 0. The van der Waals surface area contributed by atoms with Crippen LogP contribution in [0, 0.1) is 16.2 Å². The second-order valence-electron chi connectivity index (χ2n) is 9.18. The number of hydrogen-bond acceptors (Lipinski definition) is 3. The maximum atomic E-state index is 5.13. The van der Waals surface area contributed by atoms with Gasteiger partial charge in [-0.15, -0.1) is 0 Å². The topological polar surface area (TPSA) is 37.1 Å². The molecule has 2 heterocycles. The molecule has 2 rings (SSSR count). The Bertz CT molecular complexity index is 454. The zero-order valence-electron chi connectivity index (χ0n) is 14.0. The Hall–Kier alpha value is -0.730. The Labute approximate surface area is 118 Å². The van der Waals surface area contributed by atoms with Crippen LogP contribution < -0.4 is 0 Å². The van der Waals surface area contributed by atoms with Gasteiger partial charge in [-0.1, -0.05) is 62.3 Å². The lowest BCUT2D eigenvalue weighted by atomic mass is 9.47. The van der Waals surface area contributed by atoms with E-state index in [9.17, 15) is 0 Å². The minimum Gasteiger partial charge on any atom is -0.279 e. The molecule has 3 nitrogen and oxygen atoms in total. The van der Waals surface area contributed by atoms with Gasteiger partial charge in [-0.05, 0) is 10.8 Å². The van der Waals surface area contributed by atoms with Crippen molar-refractivity contribution >= 4 is 5.71 Å². The van der Waals surface area contributed by atoms with Crippen molar-refractivity contribution in [1.82, 2.24) is 0 Å². The van der Waals surface area contributed by atoms with Gasteiger partial charge in [0.05, 0.1) is 12.3 Å². The highest BCUT2D eigenvalue weighted by Gasteiger charge is 2.75. The zero-order valence-corrected chi connectivity index (χ0v) is 14.0. The molecular formula is C16H29N3. The van der Waals surface area contributed by atoms with Gasteiger partial charge in [-0.3, -0.25) is 4.99 Å². The molecule has 2 aliphatic heterocycles. The molecule has 0 aromatic carbocycles. The van der Waals surface area contributed by atoms with Crippen LogP contribution in [0.5, 0.6) is 0 Å². The first-order valence-corrected chi connectivity index (χ1v) is 7.29. The molecule has 0 saturated carbocycles. The molecule has 19 heavy (non-hydrogen) atoms. The Kier molecular flexibility index (Phi) is 2.68. The quantitative estimate of drug-likeness (QED) is 0.616. The van der Waals surface area contributed by atoms with Crippen molar-refractivity contribution in [3.05, 3.63) is 0 Å². The number of rotatable bonds is 0. The largest absolute Gasteiger partial charge is 0.279 e. The first-order chi connectivity index (χ1) is 8.30. The van der Waals surface area contributed by atoms with E-state index in [1.165, 1.54) is 5.71 Å². The fraction of sp³-hybridized carbons (Fsp3) is 0.938. The molecule has 0 bridgehead atoms. The summed E-state index contributed by atoms with van der Waals surface area (Å²) in [5.74, 6) is 0. The van der Waals surface area contributed by atoms with E-state index in [2.05, 4.69) is 67.4 Å². The van der Waals surface area contributed by atoms with Crippen molar-refractivity contribution in [3.63, 3.8) is 0 Å². The zero-order chi connectivity index (χ0) is 14.9. The highest BCUT2D eigenvalue weighted by molar-refractivity contribution is 6.05. The van der Waals surface area contributed by atoms with Gasteiger partial charge in [0.2, 0.25) is 0 Å². The van der Waals surface area contributed by atoms with Gasteiger partial charge in [-0.2, -0.15) is 10.2 Å². The Morgan fingerprint density at radius 1 is 0.842 bits per heavy atom. The molecule has 0 aliphatic carbocycles. The molecule has 0 radical (unpaired) electrons. The van der Waals surface area contributed by atoms with E-state index in [-0.39, 0.29) is 27.3 Å². The molecule has 0 aromatic rings. The Morgan fingerprint density at radius 2 is 1.37 bits per heavy atom. The lowest BCUT2D eigenvalue weighted by Gasteiger charge is -2.63. The minimum absolute atomic E-state index is 0.0324. The number of aliphatic imine (C=N–C) groups is 1. The molecule has 2 unspecified atom stereocenters. The van der Waals surface area contributed by atoms with Gasteiger partial charge in [0.15, 0.2) is 5.54 Å². The monoisotopic (exact) mass is 263 g/mol. The third kappa shape index (κ3) is 1.53. The third-order valence-corrected chi connectivity index (χ3v) is 4.80. The van der Waals surface area contributed by atoms with E-state index < -0.39 is 0 Å². The lowest BCUT2D eigenvalue weighted by molar-refractivity contribution is 0.0485. The number of hydrogen-bond donors (Lipinski definition) is 0. The first kappa shape index (κ1) is 14.7. The highest BCUT2D eigenvalue weighted by Crippen LogP contribution is 2.63. The molecule has 0 aromatic heterocycles. The maximum absolute atomic E-state index is 5.13. The molecule has 0 saturated heterocycles. The number of nitrogens with zero attached hydrogens (tertiary/aromatic N) is 3. The van der Waals surface area contributed by atoms with Crippen LogP contribution in [0.4, 0.5) is 0 Å². The van der Waals surface area contributed by atoms with E-state index in [4.69, 9.17) is 10.1 Å². The van der Waals surface area contributed by atoms with Crippen LogP contribution in [0.2, 0.25) is 0 Å². The van der Waals surface area contributed by atoms with Crippen molar-refractivity contribution in [2.24, 2.45) is 31.5 Å². The summed E-state index contributed by atoms with van der Waals surface area (Å²) in [6.07, 6.45) is 0. The van der Waals surface area contributed by atoms with Gasteiger partial charge in [-0.25, -0.2) is 0 Å². The smallest absolute Gasteiger partial charge is 0.152 e. The molecule has 0 amide bonds. The minimum atomic E-state index is -0.240. The van der Waals surface area contributed by atoms with E-state index >= 15 is 0 Å². The lowest BCUT2D eigenvalue weighted by Crippen LogP contribution is -2.76. The molecular weight excluding hydrogens is 234 g/mol. The third-order valence-electron chi connectivity index (χ3n) is 4.80. The van der Waals surface area contributed by atoms with Crippen molar-refractivity contribution in [2.45, 2.75) is 73.4 Å². The van der Waals surface area contributed by atoms with Crippen molar-refractivity contribution in [3.8, 4) is 0 Å². The van der Waals surface area contributed by atoms with Gasteiger partial charge < -0.3 is 0 Å². The summed E-state index contributed by atoms with van der Waals surface area (Å²) in [5.41, 5.74) is 0.968. The van der Waals surface area contributed by atoms with Crippen LogP contribution in [-0.2, 0) is 0 Å². The summed E-state index contributed by atoms with van der Waals surface area (Å²) in [5, 5.41) is 9.25. The first-order valence-electron chi connectivity index (χ1n) is 7.29. The molecule has 108 valence electrons. The number of azo groups is 1. The molecule has 0 fully saturated rings. The van der Waals surface area contributed by atoms with Crippen LogP contribution >= 0.6 is 0 Å². The van der Waals surface area contributed by atoms with E-state index in [0.717, 1.165) is 6.54 Å². The summed E-state index contributed by atoms with van der Waals surface area (Å²) in [6, 6.07) is 0. The van der Waals surface area contributed by atoms with Crippen molar-refractivity contribution in [1.29, 1.82) is 0 Å². The van der Waals surface area contributed by atoms with E-state index in [1.807, 2.05) is 0 Å². The predicted molar refractivity (Wildman–Crippen MR) is 81.0 cm³/mol. The molecule has 3 heteroatoms. The van der Waals surface area contributed by atoms with Crippen LogP contribution in [0.25, 0.3) is 0 Å². The number of fused-ring (bicyclic) bond motifs is 1. The van der Waals surface area contributed by atoms with E-state index in [0.29, 0.717) is 0 Å². The second kappa shape index (κ2) is 3.48. The highest BCUT2D eigenvalue weighted by atomic mass is 15.3. The summed E-state index contributed by atoms with van der Waals surface area (Å²) in [6.45, 7) is 21.1. The Morgan fingerprint density at radius 3 is 1.74 bits per heavy atom. The van der Waals surface area contributed by atoms with E-state index in [1.54, 1.807) is 0 Å². The van der Waals surface area contributed by atoms with Gasteiger partial charge >= 0.3 is 0 Å². The fourth-order valence-electron chi connectivity index (χ4n) is 3.80. The molecule has 0 spiro atoms. The Balaban J connectivity index is 2.70. The van der Waals surface area contributed by atoms with Crippen LogP contribution in [-0.4, -0.2) is 23.3 Å². The fourth-order valence-corrected chi connectivity index (χ4v) is 3.80. The summed E-state index contributed by atoms with van der Waals surface area (Å²) in [4.78, 5) is 5.13. The van der Waals surface area contributed by atoms with Crippen LogP contribution in [0.3, 0.4) is 0 Å². The van der Waals surface area contributed by atoms with Gasteiger partial charge in [0.1, 0.15) is 5.54 Å². The van der Waals surface area contributed by atoms with Crippen LogP contribution in [0.1, 0.15) is 62.3 Å². The molecule has 0 N–H and O–H groups in total. The molecule has 2 aliphatic rings. The maximum Gasteiger partial charge on any atom is 0.152 e. The average molecular weight is 263 g/mol. The standard InChI is InChI=1S/C16H29N3/c1-12(2,3)11-16(14(7,8)9)15(18-11,10-17-19-16)13(4,5)6/h10H2,1-9H3. The normalized spacial score (nSPS) is 34.9.